The molecule has 5 heterocycles. The van der Waals surface area contributed by atoms with Crippen LogP contribution in [0.1, 0.15) is 90.7 Å². The predicted octanol–water partition coefficient (Wildman–Crippen LogP) is 5.36. The molecule has 17 heteroatoms. The Bertz CT molecular complexity index is 2140. The lowest BCUT2D eigenvalue weighted by molar-refractivity contribution is -0.137. The number of amides is 2. The van der Waals surface area contributed by atoms with E-state index < -0.39 is 35.2 Å². The second kappa shape index (κ2) is 13.3. The average molecular weight is 726 g/mol. The van der Waals surface area contributed by atoms with Crippen LogP contribution < -0.4 is 15.8 Å². The van der Waals surface area contributed by atoms with E-state index in [2.05, 4.69) is 26.5 Å². The number of anilines is 2. The molecule has 0 unspecified atom stereocenters. The highest BCUT2D eigenvalue weighted by molar-refractivity contribution is 6.33. The zero-order valence-corrected chi connectivity index (χ0v) is 28.6. The van der Waals surface area contributed by atoms with Crippen LogP contribution in [0.3, 0.4) is 0 Å². The third-order valence-electron chi connectivity index (χ3n) is 9.83. The molecular weight excluding hydrogens is 691 g/mol. The smallest absolute Gasteiger partial charge is 0.416 e. The van der Waals surface area contributed by atoms with E-state index in [0.717, 1.165) is 55.9 Å². The van der Waals surface area contributed by atoms with Gasteiger partial charge in [-0.2, -0.15) is 22.7 Å². The number of aromatic nitrogens is 6. The van der Waals surface area contributed by atoms with Crippen molar-refractivity contribution in [3.05, 3.63) is 74.4 Å². The second-order valence-corrected chi connectivity index (χ2v) is 13.6. The van der Waals surface area contributed by atoms with Gasteiger partial charge in [-0.3, -0.25) is 19.0 Å². The van der Waals surface area contributed by atoms with Crippen LogP contribution in [0.25, 0.3) is 11.4 Å². The summed E-state index contributed by atoms with van der Waals surface area (Å²) in [5.74, 6) is -1.000. The molecule has 3 aliphatic rings. The summed E-state index contributed by atoms with van der Waals surface area (Å²) in [5.41, 5.74) is 0.673. The minimum atomic E-state index is -4.60. The highest BCUT2D eigenvalue weighted by atomic mass is 35.5. The van der Waals surface area contributed by atoms with Gasteiger partial charge in [-0.05, 0) is 62.8 Å². The van der Waals surface area contributed by atoms with E-state index >= 15 is 0 Å². The van der Waals surface area contributed by atoms with Gasteiger partial charge in [0.25, 0.3) is 11.5 Å². The Morgan fingerprint density at radius 1 is 1.08 bits per heavy atom. The molecule has 2 N–H and O–H groups in total. The fraction of sp³-hybridized carbons (Fsp3) is 0.441. The summed E-state index contributed by atoms with van der Waals surface area (Å²) in [6.07, 6.45) is 3.62. The summed E-state index contributed by atoms with van der Waals surface area (Å²) < 4.78 is 42.8. The molecule has 13 nitrogen and oxygen atoms in total. The molecule has 2 aliphatic heterocycles. The maximum Gasteiger partial charge on any atom is 0.416 e. The summed E-state index contributed by atoms with van der Waals surface area (Å²) in [4.78, 5) is 57.8. The maximum atomic E-state index is 14.4. The summed E-state index contributed by atoms with van der Waals surface area (Å²) in [6, 6.07) is 1.83. The van der Waals surface area contributed by atoms with Crippen LogP contribution in [0.5, 0.6) is 5.75 Å². The number of rotatable bonds is 5. The van der Waals surface area contributed by atoms with Crippen LogP contribution >= 0.6 is 11.6 Å². The number of benzene rings is 1. The van der Waals surface area contributed by atoms with E-state index in [-0.39, 0.29) is 72.1 Å². The van der Waals surface area contributed by atoms with Gasteiger partial charge in [0.2, 0.25) is 11.7 Å². The van der Waals surface area contributed by atoms with Crippen LogP contribution in [0.2, 0.25) is 5.02 Å². The van der Waals surface area contributed by atoms with E-state index in [4.69, 9.17) is 16.6 Å². The number of fused-ring (bicyclic) bond motifs is 3. The topological polar surface area (TPSA) is 151 Å². The number of piperazine rings is 1. The Balaban J connectivity index is 1.27. The molecule has 1 fully saturated rings. The van der Waals surface area contributed by atoms with Gasteiger partial charge in [0.15, 0.2) is 17.3 Å². The van der Waals surface area contributed by atoms with Crippen LogP contribution in [-0.4, -0.2) is 77.1 Å². The monoisotopic (exact) mass is 725 g/mol. The SMILES string of the molecule is Cc1ncnc(C(=O)N2CCN(c3c4n(c5nc(C6=CCCCCC6)nn5c3=O)[C@H](C(=O)Nc3ccc(C(F)(F)F)cc3Cl)C[C@H]4C)CC2)c1O. The molecule has 1 saturated heterocycles. The van der Waals surface area contributed by atoms with Crippen molar-refractivity contribution in [2.24, 2.45) is 0 Å². The molecular formula is C34H35ClF3N9O4. The van der Waals surface area contributed by atoms with Gasteiger partial charge in [-0.1, -0.05) is 31.0 Å². The minimum Gasteiger partial charge on any atom is -0.504 e. The van der Waals surface area contributed by atoms with E-state index in [1.807, 2.05) is 11.8 Å². The normalized spacial score (nSPS) is 19.5. The number of aromatic hydroxyl groups is 1. The van der Waals surface area contributed by atoms with Gasteiger partial charge in [0.1, 0.15) is 18.1 Å². The largest absolute Gasteiger partial charge is 0.504 e. The predicted molar refractivity (Wildman–Crippen MR) is 182 cm³/mol. The fourth-order valence-corrected chi connectivity index (χ4v) is 7.38. The van der Waals surface area contributed by atoms with Crippen LogP contribution in [-0.2, 0) is 11.0 Å². The number of carbonyl (C=O) groups is 2. The van der Waals surface area contributed by atoms with Crippen molar-refractivity contribution in [2.75, 3.05) is 36.4 Å². The highest BCUT2D eigenvalue weighted by Crippen LogP contribution is 2.42. The van der Waals surface area contributed by atoms with E-state index in [1.165, 1.54) is 10.8 Å². The fourth-order valence-electron chi connectivity index (χ4n) is 7.15. The molecule has 0 bridgehead atoms. The van der Waals surface area contributed by atoms with Crippen molar-refractivity contribution in [2.45, 2.75) is 70.5 Å². The summed E-state index contributed by atoms with van der Waals surface area (Å²) >= 11 is 6.20. The number of alkyl halides is 3. The first kappa shape index (κ1) is 34.5. The molecule has 3 aromatic heterocycles. The first-order chi connectivity index (χ1) is 24.3. The van der Waals surface area contributed by atoms with Crippen molar-refractivity contribution in [3.63, 3.8) is 0 Å². The molecule has 7 rings (SSSR count). The van der Waals surface area contributed by atoms with Gasteiger partial charge in [-0.15, -0.1) is 5.10 Å². The molecule has 0 saturated carbocycles. The van der Waals surface area contributed by atoms with Crippen molar-refractivity contribution < 1.29 is 27.9 Å². The van der Waals surface area contributed by atoms with Gasteiger partial charge in [-0.25, -0.2) is 9.97 Å². The van der Waals surface area contributed by atoms with Crippen LogP contribution in [0.15, 0.2) is 35.4 Å². The molecule has 2 atom stereocenters. The quantitative estimate of drug-likeness (QED) is 0.277. The van der Waals surface area contributed by atoms with Gasteiger partial charge in [0, 0.05) is 32.1 Å². The van der Waals surface area contributed by atoms with Crippen LogP contribution in [0, 0.1) is 6.92 Å². The van der Waals surface area contributed by atoms with Crippen molar-refractivity contribution in [1.82, 2.24) is 34.0 Å². The number of hydrogen-bond acceptors (Lipinski definition) is 9. The molecule has 1 aliphatic carbocycles. The summed E-state index contributed by atoms with van der Waals surface area (Å²) in [5, 5.41) is 17.5. The zero-order chi connectivity index (χ0) is 36.2. The Labute approximate surface area is 294 Å². The van der Waals surface area contributed by atoms with Gasteiger partial charge >= 0.3 is 6.18 Å². The number of allylic oxidation sites excluding steroid dienone is 2. The number of carbonyl (C=O) groups excluding carboxylic acids is 2. The molecule has 51 heavy (non-hydrogen) atoms. The number of nitrogens with one attached hydrogen (secondary N) is 1. The third-order valence-corrected chi connectivity index (χ3v) is 10.1. The van der Waals surface area contributed by atoms with Gasteiger partial charge in [0.05, 0.1) is 27.7 Å². The first-order valence-corrected chi connectivity index (χ1v) is 17.2. The Kier molecular flexibility index (Phi) is 8.98. The summed E-state index contributed by atoms with van der Waals surface area (Å²) in [7, 11) is 0. The number of aryl methyl sites for hydroxylation is 1. The van der Waals surface area contributed by atoms with Crippen LogP contribution in [0.4, 0.5) is 24.5 Å². The van der Waals surface area contributed by atoms with E-state index in [9.17, 15) is 32.7 Å². The molecule has 1 aromatic carbocycles. The van der Waals surface area contributed by atoms with E-state index in [1.54, 1.807) is 16.4 Å². The maximum absolute atomic E-state index is 14.4. The molecule has 0 spiro atoms. The molecule has 2 amide bonds. The van der Waals surface area contributed by atoms with Crippen molar-refractivity contribution >= 4 is 46.1 Å². The molecule has 0 radical (unpaired) electrons. The van der Waals surface area contributed by atoms with Crippen molar-refractivity contribution in [1.29, 1.82) is 0 Å². The Morgan fingerprint density at radius 2 is 1.84 bits per heavy atom. The van der Waals surface area contributed by atoms with Gasteiger partial charge < -0.3 is 20.2 Å². The second-order valence-electron chi connectivity index (χ2n) is 13.2. The zero-order valence-electron chi connectivity index (χ0n) is 27.9. The molecule has 4 aromatic rings. The number of halogens is 4. The Morgan fingerprint density at radius 3 is 2.57 bits per heavy atom. The highest BCUT2D eigenvalue weighted by Gasteiger charge is 2.41. The number of hydrogen-bond donors (Lipinski definition) is 2. The van der Waals surface area contributed by atoms with Crippen molar-refractivity contribution in [3.8, 4) is 5.75 Å². The standard InChI is InChI=1S/C34H35ClF3N9O4/c1-18-15-24(30(49)41-23-10-9-21(16-22(23)35)34(36,37)38)46-26(18)27(32(51)47-33(46)42-29(43-47)20-7-5-3-4-6-8-20)44-11-13-45(14-12-44)31(50)25-28(48)19(2)39-17-40-25/h7,9-10,16-18,24,48H,3-6,8,11-15H2,1-2H3,(H,41,49)/t18-,24+/m1/s1. The third kappa shape index (κ3) is 6.29. The summed E-state index contributed by atoms with van der Waals surface area (Å²) in [6.45, 7) is 4.44. The minimum absolute atomic E-state index is 0.0181. The lowest BCUT2D eigenvalue weighted by Gasteiger charge is -2.36. The lowest BCUT2D eigenvalue weighted by atomic mass is 10.0. The Hall–Kier alpha value is -4.99. The lowest BCUT2D eigenvalue weighted by Crippen LogP contribution is -2.51. The average Bonchev–Trinajstić information content (AvgIpc) is 3.57. The van der Waals surface area contributed by atoms with E-state index in [0.29, 0.717) is 17.2 Å². The molecule has 268 valence electrons. The number of nitrogens with zero attached hydrogens (tertiary/aromatic N) is 8. The first-order valence-electron chi connectivity index (χ1n) is 16.8.